The van der Waals surface area contributed by atoms with Crippen molar-refractivity contribution in [3.05, 3.63) is 88.7 Å². The van der Waals surface area contributed by atoms with E-state index >= 15 is 0 Å². The third-order valence-corrected chi connectivity index (χ3v) is 8.37. The number of piperazine rings is 1. The van der Waals surface area contributed by atoms with Crippen molar-refractivity contribution in [2.75, 3.05) is 5.32 Å². The number of hydrogen-bond acceptors (Lipinski definition) is 5. The number of pyridine rings is 1. The average Bonchev–Trinajstić information content (AvgIpc) is 3.36. The van der Waals surface area contributed by atoms with Gasteiger partial charge >= 0.3 is 0 Å². The van der Waals surface area contributed by atoms with Crippen LogP contribution in [-0.2, 0) is 27.2 Å². The largest absolute Gasteiger partial charge is 0.506 e. The molecule has 4 atom stereocenters. The van der Waals surface area contributed by atoms with Gasteiger partial charge in [0.15, 0.2) is 0 Å². The van der Waals surface area contributed by atoms with E-state index in [9.17, 15) is 19.5 Å². The van der Waals surface area contributed by atoms with Gasteiger partial charge in [-0.25, -0.2) is 0 Å². The summed E-state index contributed by atoms with van der Waals surface area (Å²) in [7, 11) is 0. The number of amides is 3. The first-order valence-electron chi connectivity index (χ1n) is 13.9. The van der Waals surface area contributed by atoms with Gasteiger partial charge in [-0.3, -0.25) is 19.4 Å². The van der Waals surface area contributed by atoms with Crippen LogP contribution in [0.1, 0.15) is 54.4 Å². The van der Waals surface area contributed by atoms with Crippen molar-refractivity contribution in [1.82, 2.24) is 15.2 Å². The topological polar surface area (TPSA) is 112 Å². The van der Waals surface area contributed by atoms with Crippen molar-refractivity contribution < 1.29 is 19.5 Å². The predicted octanol–water partition coefficient (Wildman–Crippen LogP) is 4.24. The lowest BCUT2D eigenvalue weighted by atomic mass is 9.85. The molecule has 1 aliphatic heterocycles. The zero-order valence-corrected chi connectivity index (χ0v) is 23.3. The second-order valence-electron chi connectivity index (χ2n) is 11.0. The molecule has 5 rings (SSSR count). The third-order valence-electron chi connectivity index (χ3n) is 8.37. The van der Waals surface area contributed by atoms with Crippen molar-refractivity contribution in [2.24, 2.45) is 11.8 Å². The van der Waals surface area contributed by atoms with Gasteiger partial charge in [0.25, 0.3) is 5.91 Å². The molecule has 2 aromatic carbocycles. The SMILES string of the molecule is CC[C@H](C)[C@@H]1C(=O)N[C@H](C2Cc3ccccc3C2)C(=O)N1[C@@H](C(=O)Nc1ccccc1O)c1ccc(C)nc1C. The van der Waals surface area contributed by atoms with Crippen LogP contribution in [0.4, 0.5) is 5.69 Å². The van der Waals surface area contributed by atoms with Gasteiger partial charge in [-0.2, -0.15) is 0 Å². The molecule has 0 bridgehead atoms. The highest BCUT2D eigenvalue weighted by atomic mass is 16.3. The summed E-state index contributed by atoms with van der Waals surface area (Å²) >= 11 is 0. The number of phenolic OH excluding ortho intramolecular Hbond substituents is 1. The molecule has 2 heterocycles. The lowest BCUT2D eigenvalue weighted by Crippen LogP contribution is -2.68. The van der Waals surface area contributed by atoms with Gasteiger partial charge < -0.3 is 20.6 Å². The second kappa shape index (κ2) is 11.1. The van der Waals surface area contributed by atoms with Gasteiger partial charge in [0.05, 0.1) is 5.69 Å². The number of phenols is 1. The Kier molecular flexibility index (Phi) is 7.61. The number of carbonyl (C=O) groups is 3. The van der Waals surface area contributed by atoms with E-state index in [4.69, 9.17) is 0 Å². The summed E-state index contributed by atoms with van der Waals surface area (Å²) in [6.45, 7) is 7.56. The van der Waals surface area contributed by atoms with Crippen molar-refractivity contribution in [1.29, 1.82) is 0 Å². The molecule has 8 heteroatoms. The van der Waals surface area contributed by atoms with Gasteiger partial charge in [-0.05, 0) is 67.9 Å². The molecule has 2 aliphatic rings. The molecule has 40 heavy (non-hydrogen) atoms. The van der Waals surface area contributed by atoms with E-state index < -0.39 is 24.0 Å². The minimum Gasteiger partial charge on any atom is -0.506 e. The number of benzene rings is 2. The minimum absolute atomic E-state index is 0.0869. The molecule has 1 saturated heterocycles. The molecule has 0 saturated carbocycles. The van der Waals surface area contributed by atoms with Gasteiger partial charge in [-0.15, -0.1) is 0 Å². The Labute approximate surface area is 234 Å². The maximum atomic E-state index is 14.5. The maximum absolute atomic E-state index is 14.5. The molecule has 1 fully saturated rings. The number of aromatic nitrogens is 1. The first kappa shape index (κ1) is 27.4. The quantitative estimate of drug-likeness (QED) is 0.388. The van der Waals surface area contributed by atoms with Crippen LogP contribution < -0.4 is 10.6 Å². The molecule has 8 nitrogen and oxygen atoms in total. The number of fused-ring (bicyclic) bond motifs is 1. The Morgan fingerprint density at radius 3 is 2.33 bits per heavy atom. The Morgan fingerprint density at radius 2 is 1.70 bits per heavy atom. The van der Waals surface area contributed by atoms with Crippen LogP contribution in [0.5, 0.6) is 5.75 Å². The van der Waals surface area contributed by atoms with Crippen LogP contribution in [0.2, 0.25) is 0 Å². The number of anilines is 1. The maximum Gasteiger partial charge on any atom is 0.252 e. The third kappa shape index (κ3) is 5.06. The number of rotatable bonds is 7. The fourth-order valence-corrected chi connectivity index (χ4v) is 6.10. The van der Waals surface area contributed by atoms with Gasteiger partial charge in [0.1, 0.15) is 23.9 Å². The fraction of sp³-hybridized carbons (Fsp3) is 0.375. The number of nitrogens with one attached hydrogen (secondary N) is 2. The number of aryl methyl sites for hydroxylation is 2. The fourth-order valence-electron chi connectivity index (χ4n) is 6.10. The van der Waals surface area contributed by atoms with Crippen LogP contribution in [0.3, 0.4) is 0 Å². The number of hydrogen-bond donors (Lipinski definition) is 3. The number of nitrogens with zero attached hydrogens (tertiary/aromatic N) is 2. The van der Waals surface area contributed by atoms with Gasteiger partial charge in [-0.1, -0.05) is 62.7 Å². The number of aromatic hydroxyl groups is 1. The van der Waals surface area contributed by atoms with E-state index in [1.165, 1.54) is 22.1 Å². The standard InChI is InChI=1S/C32H36N4O4/c1-5-18(2)28-30(38)35-27(23-16-21-10-6-7-11-22(21)17-23)32(40)36(28)29(24-15-14-19(3)33-20(24)4)31(39)34-25-12-8-9-13-26(25)37/h6-15,18,23,27-29,37H,5,16-17H2,1-4H3,(H,34,39)(H,35,38)/t18-,27+,28+,29+/m0/s1. The second-order valence-corrected chi connectivity index (χ2v) is 11.0. The highest BCUT2D eigenvalue weighted by molar-refractivity contribution is 6.03. The molecular formula is C32H36N4O4. The van der Waals surface area contributed by atoms with E-state index in [1.807, 2.05) is 32.9 Å². The van der Waals surface area contributed by atoms with E-state index in [0.29, 0.717) is 30.5 Å². The Hall–Kier alpha value is -4.20. The summed E-state index contributed by atoms with van der Waals surface area (Å²) < 4.78 is 0. The minimum atomic E-state index is -1.13. The van der Waals surface area contributed by atoms with Crippen LogP contribution in [0.15, 0.2) is 60.7 Å². The summed E-state index contributed by atoms with van der Waals surface area (Å²) in [4.78, 5) is 48.5. The normalized spacial score (nSPS) is 20.6. The van der Waals surface area contributed by atoms with Crippen molar-refractivity contribution in [3.8, 4) is 5.75 Å². The molecule has 3 aromatic rings. The Balaban J connectivity index is 1.60. The summed E-state index contributed by atoms with van der Waals surface area (Å²) in [6.07, 6.45) is 1.99. The molecule has 0 unspecified atom stereocenters. The van der Waals surface area contributed by atoms with E-state index in [1.54, 1.807) is 37.3 Å². The predicted molar refractivity (Wildman–Crippen MR) is 153 cm³/mol. The number of para-hydroxylation sites is 2. The summed E-state index contributed by atoms with van der Waals surface area (Å²) in [6, 6.07) is 15.4. The first-order valence-corrected chi connectivity index (χ1v) is 13.9. The van der Waals surface area contributed by atoms with E-state index in [0.717, 1.165) is 5.69 Å². The molecule has 1 aliphatic carbocycles. The molecule has 3 amide bonds. The van der Waals surface area contributed by atoms with Crippen LogP contribution in [0.25, 0.3) is 0 Å². The molecule has 0 spiro atoms. The monoisotopic (exact) mass is 540 g/mol. The summed E-state index contributed by atoms with van der Waals surface area (Å²) in [5.41, 5.74) is 4.51. The highest BCUT2D eigenvalue weighted by Gasteiger charge is 2.51. The van der Waals surface area contributed by atoms with Crippen molar-refractivity contribution >= 4 is 23.4 Å². The molecule has 208 valence electrons. The molecule has 0 radical (unpaired) electrons. The van der Waals surface area contributed by atoms with Crippen LogP contribution in [0, 0.1) is 25.7 Å². The van der Waals surface area contributed by atoms with E-state index in [2.05, 4.69) is 27.8 Å². The van der Waals surface area contributed by atoms with Crippen molar-refractivity contribution in [3.63, 3.8) is 0 Å². The van der Waals surface area contributed by atoms with Gasteiger partial charge in [0, 0.05) is 17.0 Å². The van der Waals surface area contributed by atoms with Crippen molar-refractivity contribution in [2.45, 2.75) is 65.1 Å². The lowest BCUT2D eigenvalue weighted by molar-refractivity contribution is -0.158. The first-order chi connectivity index (χ1) is 19.2. The average molecular weight is 541 g/mol. The van der Waals surface area contributed by atoms with Gasteiger partial charge in [0.2, 0.25) is 11.8 Å². The lowest BCUT2D eigenvalue weighted by Gasteiger charge is -2.46. The zero-order chi connectivity index (χ0) is 28.6. The summed E-state index contributed by atoms with van der Waals surface area (Å²) in [5, 5.41) is 16.3. The summed E-state index contributed by atoms with van der Waals surface area (Å²) in [5.74, 6) is -1.46. The molecule has 1 aromatic heterocycles. The molecule has 3 N–H and O–H groups in total. The smallest absolute Gasteiger partial charge is 0.252 e. The van der Waals surface area contributed by atoms with Crippen LogP contribution in [-0.4, -0.2) is 44.8 Å². The Bertz CT molecular complexity index is 1430. The Morgan fingerprint density at radius 1 is 1.05 bits per heavy atom. The van der Waals surface area contributed by atoms with E-state index in [-0.39, 0.29) is 35.1 Å². The number of carbonyl (C=O) groups excluding carboxylic acids is 3. The molecular weight excluding hydrogens is 504 g/mol. The zero-order valence-electron chi connectivity index (χ0n) is 23.3. The van der Waals surface area contributed by atoms with Crippen LogP contribution >= 0.6 is 0 Å². The highest BCUT2D eigenvalue weighted by Crippen LogP contribution is 2.37.